The zero-order valence-electron chi connectivity index (χ0n) is 11.7. The first-order valence-electron chi connectivity index (χ1n) is 6.92. The van der Waals surface area contributed by atoms with Gasteiger partial charge in [-0.1, -0.05) is 49.2 Å². The summed E-state index contributed by atoms with van der Waals surface area (Å²) >= 11 is 3.77. The van der Waals surface area contributed by atoms with Crippen molar-refractivity contribution in [1.82, 2.24) is 0 Å². The van der Waals surface area contributed by atoms with Gasteiger partial charge in [0.05, 0.1) is 0 Å². The van der Waals surface area contributed by atoms with Crippen molar-refractivity contribution in [3.05, 3.63) is 35.4 Å². The minimum absolute atomic E-state index is 0.286. The van der Waals surface area contributed by atoms with Crippen molar-refractivity contribution in [3.63, 3.8) is 0 Å². The molecule has 3 unspecified atom stereocenters. The van der Waals surface area contributed by atoms with Gasteiger partial charge in [-0.25, -0.2) is 8.78 Å². The van der Waals surface area contributed by atoms with Gasteiger partial charge in [-0.3, -0.25) is 0 Å². The summed E-state index contributed by atoms with van der Waals surface area (Å²) in [5, 5.41) is 0. The second-order valence-electron chi connectivity index (χ2n) is 6.39. The highest BCUT2D eigenvalue weighted by Crippen LogP contribution is 2.45. The van der Waals surface area contributed by atoms with Gasteiger partial charge in [0.1, 0.15) is 11.6 Å². The molecular weight excluding hydrogens is 310 g/mol. The number of hydrogen-bond acceptors (Lipinski definition) is 0. The summed E-state index contributed by atoms with van der Waals surface area (Å²) in [6.07, 6.45) is 3.39. The van der Waals surface area contributed by atoms with Gasteiger partial charge >= 0.3 is 0 Å². The lowest BCUT2D eigenvalue weighted by Gasteiger charge is -2.42. The molecule has 0 bridgehead atoms. The Labute approximate surface area is 122 Å². The van der Waals surface area contributed by atoms with Gasteiger partial charge < -0.3 is 0 Å². The van der Waals surface area contributed by atoms with Crippen LogP contribution in [0.15, 0.2) is 18.2 Å². The highest BCUT2D eigenvalue weighted by Gasteiger charge is 2.40. The van der Waals surface area contributed by atoms with Gasteiger partial charge in [0.2, 0.25) is 0 Å². The van der Waals surface area contributed by atoms with Crippen LogP contribution in [0.1, 0.15) is 45.6 Å². The molecule has 0 N–H and O–H groups in total. The Kier molecular flexibility index (Phi) is 4.34. The zero-order chi connectivity index (χ0) is 14.2. The standard InChI is InChI=1S/C16H21BrF2/c1-10-4-6-12(14(17)8-10)16(2,3)13-7-5-11(18)9-15(13)19/h5,7,9-10,12,14H,4,6,8H2,1-3H3. The van der Waals surface area contributed by atoms with Crippen LogP contribution in [0.4, 0.5) is 8.78 Å². The van der Waals surface area contributed by atoms with E-state index in [0.717, 1.165) is 24.8 Å². The average molecular weight is 331 g/mol. The van der Waals surface area contributed by atoms with Gasteiger partial charge in [0.25, 0.3) is 0 Å². The lowest BCUT2D eigenvalue weighted by molar-refractivity contribution is 0.210. The molecule has 0 radical (unpaired) electrons. The van der Waals surface area contributed by atoms with Gasteiger partial charge in [0.15, 0.2) is 0 Å². The smallest absolute Gasteiger partial charge is 0.129 e. The van der Waals surface area contributed by atoms with Crippen molar-refractivity contribution in [2.24, 2.45) is 11.8 Å². The largest absolute Gasteiger partial charge is 0.207 e. The van der Waals surface area contributed by atoms with E-state index in [9.17, 15) is 8.78 Å². The maximum Gasteiger partial charge on any atom is 0.129 e. The topological polar surface area (TPSA) is 0 Å². The summed E-state index contributed by atoms with van der Waals surface area (Å²) in [6.45, 7) is 6.40. The number of halogens is 3. The summed E-state index contributed by atoms with van der Waals surface area (Å²) in [7, 11) is 0. The van der Waals surface area contributed by atoms with Crippen LogP contribution in [0.25, 0.3) is 0 Å². The Hall–Kier alpha value is -0.440. The van der Waals surface area contributed by atoms with Gasteiger partial charge in [0, 0.05) is 10.9 Å². The van der Waals surface area contributed by atoms with Crippen LogP contribution in [0.3, 0.4) is 0 Å². The molecule has 1 saturated carbocycles. The summed E-state index contributed by atoms with van der Waals surface area (Å²) < 4.78 is 27.1. The molecule has 0 heterocycles. The molecule has 3 atom stereocenters. The van der Waals surface area contributed by atoms with Crippen LogP contribution in [-0.2, 0) is 5.41 Å². The molecule has 0 saturated heterocycles. The van der Waals surface area contributed by atoms with E-state index in [1.165, 1.54) is 12.5 Å². The van der Waals surface area contributed by atoms with Gasteiger partial charge in [-0.05, 0) is 41.7 Å². The van der Waals surface area contributed by atoms with E-state index in [-0.39, 0.29) is 5.41 Å². The van der Waals surface area contributed by atoms with Crippen LogP contribution in [0, 0.1) is 23.5 Å². The van der Waals surface area contributed by atoms with Gasteiger partial charge in [-0.2, -0.15) is 0 Å². The first-order chi connectivity index (χ1) is 8.82. The lowest BCUT2D eigenvalue weighted by atomic mass is 9.66. The third-order valence-electron chi connectivity index (χ3n) is 4.59. The maximum atomic E-state index is 14.0. The molecule has 0 spiro atoms. The first kappa shape index (κ1) is 15.0. The third kappa shape index (κ3) is 3.01. The Bertz CT molecular complexity index is 456. The molecule has 0 amide bonds. The average Bonchev–Trinajstić information content (AvgIpc) is 2.27. The van der Waals surface area contributed by atoms with Crippen LogP contribution in [0.2, 0.25) is 0 Å². The monoisotopic (exact) mass is 330 g/mol. The molecule has 0 nitrogen and oxygen atoms in total. The summed E-state index contributed by atoms with van der Waals surface area (Å²) in [5.41, 5.74) is 0.337. The van der Waals surface area contributed by atoms with E-state index in [1.54, 1.807) is 6.07 Å². The minimum atomic E-state index is -0.510. The van der Waals surface area contributed by atoms with E-state index in [2.05, 4.69) is 36.7 Å². The van der Waals surface area contributed by atoms with Crippen LogP contribution < -0.4 is 0 Å². The lowest BCUT2D eigenvalue weighted by Crippen LogP contribution is -2.39. The molecule has 1 aromatic rings. The SMILES string of the molecule is CC1CCC(C(C)(C)c2ccc(F)cc2F)C(Br)C1. The third-order valence-corrected chi connectivity index (χ3v) is 5.60. The zero-order valence-corrected chi connectivity index (χ0v) is 13.3. The Morgan fingerprint density at radius 1 is 1.21 bits per heavy atom. The molecule has 0 aliphatic heterocycles. The van der Waals surface area contributed by atoms with Crippen LogP contribution in [-0.4, -0.2) is 4.83 Å². The van der Waals surface area contributed by atoms with E-state index >= 15 is 0 Å². The van der Waals surface area contributed by atoms with E-state index in [1.807, 2.05) is 0 Å². The molecule has 19 heavy (non-hydrogen) atoms. The Morgan fingerprint density at radius 3 is 2.47 bits per heavy atom. The Balaban J connectivity index is 2.30. The summed E-state index contributed by atoms with van der Waals surface area (Å²) in [4.78, 5) is 0.399. The van der Waals surface area contributed by atoms with Crippen molar-refractivity contribution >= 4 is 15.9 Å². The highest BCUT2D eigenvalue weighted by atomic mass is 79.9. The van der Waals surface area contributed by atoms with Crippen LogP contribution in [0.5, 0.6) is 0 Å². The van der Waals surface area contributed by atoms with E-state index < -0.39 is 11.6 Å². The highest BCUT2D eigenvalue weighted by molar-refractivity contribution is 9.09. The number of alkyl halides is 1. The maximum absolute atomic E-state index is 14.0. The molecule has 1 aromatic carbocycles. The summed E-state index contributed by atoms with van der Waals surface area (Å²) in [5.74, 6) is 0.159. The summed E-state index contributed by atoms with van der Waals surface area (Å²) in [6, 6.07) is 3.95. The quantitative estimate of drug-likeness (QED) is 0.633. The second-order valence-corrected chi connectivity index (χ2v) is 7.56. The van der Waals surface area contributed by atoms with Crippen molar-refractivity contribution < 1.29 is 8.78 Å². The molecule has 1 fully saturated rings. The van der Waals surface area contributed by atoms with E-state index in [0.29, 0.717) is 16.3 Å². The molecule has 1 aliphatic rings. The van der Waals surface area contributed by atoms with E-state index in [4.69, 9.17) is 0 Å². The predicted molar refractivity (Wildman–Crippen MR) is 78.6 cm³/mol. The van der Waals surface area contributed by atoms with Crippen molar-refractivity contribution in [2.45, 2.75) is 50.3 Å². The normalized spacial score (nSPS) is 28.4. The van der Waals surface area contributed by atoms with Crippen molar-refractivity contribution in [3.8, 4) is 0 Å². The Morgan fingerprint density at radius 2 is 1.89 bits per heavy atom. The molecule has 3 heteroatoms. The van der Waals surface area contributed by atoms with Crippen molar-refractivity contribution in [1.29, 1.82) is 0 Å². The molecule has 0 aromatic heterocycles. The fourth-order valence-corrected chi connectivity index (χ4v) is 4.90. The number of rotatable bonds is 2. The number of benzene rings is 1. The number of hydrogen-bond donors (Lipinski definition) is 0. The van der Waals surface area contributed by atoms with Crippen LogP contribution >= 0.6 is 15.9 Å². The predicted octanol–water partition coefficient (Wildman–Crippen LogP) is 5.44. The fraction of sp³-hybridized carbons (Fsp3) is 0.625. The molecule has 106 valence electrons. The first-order valence-corrected chi connectivity index (χ1v) is 7.83. The second kappa shape index (κ2) is 5.51. The van der Waals surface area contributed by atoms with Crippen molar-refractivity contribution in [2.75, 3.05) is 0 Å². The van der Waals surface area contributed by atoms with Gasteiger partial charge in [-0.15, -0.1) is 0 Å². The molecular formula is C16H21BrF2. The molecule has 2 rings (SSSR count). The molecule has 1 aliphatic carbocycles. The fourth-order valence-electron chi connectivity index (χ4n) is 3.34. The minimum Gasteiger partial charge on any atom is -0.207 e.